The Hall–Kier alpha value is -0.610. The summed E-state index contributed by atoms with van der Waals surface area (Å²) < 4.78 is 13.7. The molecule has 0 atom stereocenters. The second-order valence-corrected chi connectivity index (χ2v) is 4.89. The molecule has 1 rings (SSSR count). The normalized spacial score (nSPS) is 10.9. The van der Waals surface area contributed by atoms with Crippen LogP contribution in [0.1, 0.15) is 19.4 Å². The molecule has 0 heterocycles. The Balaban J connectivity index is 2.55. The van der Waals surface area contributed by atoms with Crippen molar-refractivity contribution in [2.24, 2.45) is 0 Å². The van der Waals surface area contributed by atoms with E-state index in [1.807, 2.05) is 6.92 Å². The molecule has 0 amide bonds. The van der Waals surface area contributed by atoms with Crippen molar-refractivity contribution in [3.8, 4) is 0 Å². The van der Waals surface area contributed by atoms with Crippen LogP contribution in [0.15, 0.2) is 16.6 Å². The number of nitrogens with one attached hydrogen (secondary N) is 1. The summed E-state index contributed by atoms with van der Waals surface area (Å²) in [6, 6.07) is 3.34. The van der Waals surface area contributed by atoms with Gasteiger partial charge < -0.3 is 10.2 Å². The number of benzene rings is 1. The molecule has 1 N–H and O–H groups in total. The third-order valence-corrected chi connectivity index (χ3v) is 3.51. The van der Waals surface area contributed by atoms with Crippen molar-refractivity contribution < 1.29 is 4.39 Å². The quantitative estimate of drug-likeness (QED) is 0.863. The van der Waals surface area contributed by atoms with Crippen molar-refractivity contribution in [1.82, 2.24) is 4.90 Å². The van der Waals surface area contributed by atoms with Gasteiger partial charge in [-0.15, -0.1) is 0 Å². The van der Waals surface area contributed by atoms with Gasteiger partial charge in [-0.05, 0) is 53.6 Å². The van der Waals surface area contributed by atoms with Crippen LogP contribution in [-0.4, -0.2) is 31.1 Å². The topological polar surface area (TPSA) is 15.3 Å². The van der Waals surface area contributed by atoms with Gasteiger partial charge in [-0.2, -0.15) is 0 Å². The summed E-state index contributed by atoms with van der Waals surface area (Å²) in [5.74, 6) is -0.211. The Morgan fingerprint density at radius 1 is 1.29 bits per heavy atom. The van der Waals surface area contributed by atoms with Crippen molar-refractivity contribution in [3.05, 3.63) is 28.0 Å². The molecule has 17 heavy (non-hydrogen) atoms. The molecule has 0 aliphatic heterocycles. The summed E-state index contributed by atoms with van der Waals surface area (Å²) in [4.78, 5) is 2.35. The number of hydrogen-bond acceptors (Lipinski definition) is 2. The van der Waals surface area contributed by atoms with Crippen LogP contribution in [0.25, 0.3) is 0 Å². The molecule has 0 aliphatic rings. The minimum atomic E-state index is -0.211. The van der Waals surface area contributed by atoms with Crippen LogP contribution in [0.3, 0.4) is 0 Å². The van der Waals surface area contributed by atoms with Gasteiger partial charge in [0.25, 0.3) is 0 Å². The van der Waals surface area contributed by atoms with Crippen molar-refractivity contribution in [3.63, 3.8) is 0 Å². The first-order valence-electron chi connectivity index (χ1n) is 6.00. The largest absolute Gasteiger partial charge is 0.384 e. The summed E-state index contributed by atoms with van der Waals surface area (Å²) in [7, 11) is 0. The molecule has 0 radical (unpaired) electrons. The fourth-order valence-corrected chi connectivity index (χ4v) is 2.07. The summed E-state index contributed by atoms with van der Waals surface area (Å²) in [5.41, 5.74) is 1.93. The molecule has 0 fully saturated rings. The first-order chi connectivity index (χ1) is 8.08. The number of nitrogens with zero attached hydrogens (tertiary/aromatic N) is 1. The molecule has 96 valence electrons. The molecular formula is C13H20BrFN2. The molecule has 0 saturated heterocycles. The Labute approximate surface area is 111 Å². The molecule has 2 nitrogen and oxygen atoms in total. The van der Waals surface area contributed by atoms with Gasteiger partial charge in [0.1, 0.15) is 5.82 Å². The minimum absolute atomic E-state index is 0.211. The van der Waals surface area contributed by atoms with Crippen LogP contribution < -0.4 is 5.32 Å². The summed E-state index contributed by atoms with van der Waals surface area (Å²) in [6.07, 6.45) is 0. The van der Waals surface area contributed by atoms with Crippen LogP contribution in [-0.2, 0) is 0 Å². The average molecular weight is 303 g/mol. The van der Waals surface area contributed by atoms with Gasteiger partial charge in [0.15, 0.2) is 0 Å². The Bertz CT molecular complexity index is 365. The van der Waals surface area contributed by atoms with Crippen molar-refractivity contribution >= 4 is 21.6 Å². The predicted octanol–water partition coefficient (Wildman–Crippen LogP) is 3.65. The average Bonchev–Trinajstić information content (AvgIpc) is 2.31. The van der Waals surface area contributed by atoms with Crippen LogP contribution >= 0.6 is 15.9 Å². The van der Waals surface area contributed by atoms with Gasteiger partial charge in [0, 0.05) is 18.8 Å². The number of aryl methyl sites for hydroxylation is 1. The predicted molar refractivity (Wildman–Crippen MR) is 75.1 cm³/mol. The lowest BCUT2D eigenvalue weighted by Gasteiger charge is -2.19. The van der Waals surface area contributed by atoms with Crippen LogP contribution in [0.4, 0.5) is 10.1 Å². The third kappa shape index (κ3) is 4.28. The van der Waals surface area contributed by atoms with Gasteiger partial charge in [-0.3, -0.25) is 0 Å². The van der Waals surface area contributed by atoms with Crippen LogP contribution in [0.5, 0.6) is 0 Å². The van der Waals surface area contributed by atoms with Crippen LogP contribution in [0.2, 0.25) is 0 Å². The maximum atomic E-state index is 13.2. The van der Waals surface area contributed by atoms with Crippen LogP contribution in [0, 0.1) is 12.7 Å². The van der Waals surface area contributed by atoms with E-state index in [1.165, 1.54) is 0 Å². The monoisotopic (exact) mass is 302 g/mol. The highest BCUT2D eigenvalue weighted by Crippen LogP contribution is 2.23. The smallest absolute Gasteiger partial charge is 0.137 e. The van der Waals surface area contributed by atoms with Crippen molar-refractivity contribution in [1.29, 1.82) is 0 Å². The van der Waals surface area contributed by atoms with E-state index < -0.39 is 0 Å². The summed E-state index contributed by atoms with van der Waals surface area (Å²) >= 11 is 3.20. The Morgan fingerprint density at radius 2 is 1.94 bits per heavy atom. The first-order valence-corrected chi connectivity index (χ1v) is 6.79. The molecule has 1 aromatic rings. The van der Waals surface area contributed by atoms with Crippen molar-refractivity contribution in [2.45, 2.75) is 20.8 Å². The molecule has 0 spiro atoms. The number of hydrogen-bond donors (Lipinski definition) is 1. The van der Waals surface area contributed by atoms with Gasteiger partial charge in [0.05, 0.1) is 4.47 Å². The molecule has 0 saturated carbocycles. The Kier molecular flexibility index (Phi) is 5.92. The zero-order valence-corrected chi connectivity index (χ0v) is 12.3. The molecular weight excluding hydrogens is 283 g/mol. The number of rotatable bonds is 6. The second kappa shape index (κ2) is 6.97. The molecule has 0 aliphatic carbocycles. The highest BCUT2D eigenvalue weighted by atomic mass is 79.9. The third-order valence-electron chi connectivity index (χ3n) is 2.91. The maximum absolute atomic E-state index is 13.2. The van der Waals surface area contributed by atoms with E-state index in [4.69, 9.17) is 0 Å². The fraction of sp³-hybridized carbons (Fsp3) is 0.538. The maximum Gasteiger partial charge on any atom is 0.137 e. The molecule has 1 aromatic carbocycles. The molecule has 4 heteroatoms. The van der Waals surface area contributed by atoms with Gasteiger partial charge >= 0.3 is 0 Å². The fourth-order valence-electron chi connectivity index (χ4n) is 1.73. The summed E-state index contributed by atoms with van der Waals surface area (Å²) in [5, 5.41) is 3.34. The SMILES string of the molecule is CCN(CC)CCNc1cc(Br)c(F)cc1C. The van der Waals surface area contributed by atoms with E-state index in [-0.39, 0.29) is 5.82 Å². The van der Waals surface area contributed by atoms with E-state index in [9.17, 15) is 4.39 Å². The molecule has 0 unspecified atom stereocenters. The lowest BCUT2D eigenvalue weighted by Crippen LogP contribution is -2.28. The van der Waals surface area contributed by atoms with Gasteiger partial charge in [-0.25, -0.2) is 4.39 Å². The first kappa shape index (κ1) is 14.5. The van der Waals surface area contributed by atoms with E-state index in [0.29, 0.717) is 4.47 Å². The van der Waals surface area contributed by atoms with E-state index in [2.05, 4.69) is 40.0 Å². The lowest BCUT2D eigenvalue weighted by molar-refractivity contribution is 0.316. The van der Waals surface area contributed by atoms with E-state index in [1.54, 1.807) is 12.1 Å². The highest BCUT2D eigenvalue weighted by Gasteiger charge is 2.05. The van der Waals surface area contributed by atoms with E-state index >= 15 is 0 Å². The number of anilines is 1. The highest BCUT2D eigenvalue weighted by molar-refractivity contribution is 9.10. The van der Waals surface area contributed by atoms with Gasteiger partial charge in [-0.1, -0.05) is 13.8 Å². The number of halogens is 2. The second-order valence-electron chi connectivity index (χ2n) is 4.03. The lowest BCUT2D eigenvalue weighted by atomic mass is 10.2. The number of likely N-dealkylation sites (N-methyl/N-ethyl adjacent to an activating group) is 1. The minimum Gasteiger partial charge on any atom is -0.384 e. The summed E-state index contributed by atoms with van der Waals surface area (Å²) in [6.45, 7) is 10.2. The van der Waals surface area contributed by atoms with E-state index in [0.717, 1.165) is 37.4 Å². The van der Waals surface area contributed by atoms with Crippen molar-refractivity contribution in [2.75, 3.05) is 31.5 Å². The standard InChI is InChI=1S/C13H20BrFN2/c1-4-17(5-2)7-6-16-13-9-11(14)12(15)8-10(13)3/h8-9,16H,4-7H2,1-3H3. The molecule has 0 bridgehead atoms. The molecule has 0 aromatic heterocycles. The zero-order chi connectivity index (χ0) is 12.8. The Morgan fingerprint density at radius 3 is 2.53 bits per heavy atom. The zero-order valence-electron chi connectivity index (χ0n) is 10.7. The van der Waals surface area contributed by atoms with Gasteiger partial charge in [0.2, 0.25) is 0 Å².